The normalized spacial score (nSPS) is 17.8. The van der Waals surface area contributed by atoms with Crippen molar-refractivity contribution in [1.29, 1.82) is 0 Å². The smallest absolute Gasteiger partial charge is 0.325 e. The minimum Gasteiger partial charge on any atom is -0.350 e. The van der Waals surface area contributed by atoms with Crippen LogP contribution in [0.2, 0.25) is 0 Å². The summed E-state index contributed by atoms with van der Waals surface area (Å²) in [5.41, 5.74) is 3.11. The summed E-state index contributed by atoms with van der Waals surface area (Å²) >= 11 is 0. The van der Waals surface area contributed by atoms with Crippen LogP contribution in [0.25, 0.3) is 5.69 Å². The maximum absolute atomic E-state index is 13.2. The van der Waals surface area contributed by atoms with Gasteiger partial charge in [-0.2, -0.15) is 5.10 Å². The van der Waals surface area contributed by atoms with E-state index in [9.17, 15) is 14.4 Å². The van der Waals surface area contributed by atoms with Crippen LogP contribution in [0.3, 0.4) is 0 Å². The van der Waals surface area contributed by atoms with E-state index in [2.05, 4.69) is 15.7 Å². The van der Waals surface area contributed by atoms with Gasteiger partial charge in [0.25, 0.3) is 5.91 Å². The van der Waals surface area contributed by atoms with Gasteiger partial charge < -0.3 is 10.6 Å². The zero-order chi connectivity index (χ0) is 23.6. The Labute approximate surface area is 192 Å². The summed E-state index contributed by atoms with van der Waals surface area (Å²) in [6, 6.07) is 18.3. The van der Waals surface area contributed by atoms with Crippen molar-refractivity contribution >= 4 is 17.8 Å². The summed E-state index contributed by atoms with van der Waals surface area (Å²) in [7, 11) is 0. The molecule has 170 valence electrons. The van der Waals surface area contributed by atoms with Crippen LogP contribution in [-0.4, -0.2) is 39.1 Å². The van der Waals surface area contributed by atoms with Crippen LogP contribution in [0.1, 0.15) is 35.9 Å². The van der Waals surface area contributed by atoms with Crippen LogP contribution in [0.4, 0.5) is 4.79 Å². The lowest BCUT2D eigenvalue weighted by Crippen LogP contribution is -2.44. The van der Waals surface area contributed by atoms with E-state index in [-0.39, 0.29) is 13.1 Å². The number of urea groups is 1. The lowest BCUT2D eigenvalue weighted by Gasteiger charge is -2.25. The van der Waals surface area contributed by atoms with E-state index >= 15 is 0 Å². The number of nitrogens with one attached hydrogen (secondary N) is 2. The molecular weight excluding hydrogens is 418 g/mol. The number of hydrogen-bond donors (Lipinski definition) is 2. The molecule has 1 aliphatic rings. The predicted molar refractivity (Wildman–Crippen MR) is 124 cm³/mol. The van der Waals surface area contributed by atoms with E-state index in [0.29, 0.717) is 12.0 Å². The lowest BCUT2D eigenvalue weighted by atomic mass is 9.87. The van der Waals surface area contributed by atoms with Crippen molar-refractivity contribution in [3.63, 3.8) is 0 Å². The Bertz CT molecular complexity index is 1190. The molecule has 2 N–H and O–H groups in total. The molecule has 0 saturated carbocycles. The van der Waals surface area contributed by atoms with Crippen LogP contribution < -0.4 is 10.6 Å². The second-order valence-corrected chi connectivity index (χ2v) is 8.12. The lowest BCUT2D eigenvalue weighted by molar-refractivity contribution is -0.135. The molecule has 1 aliphatic heterocycles. The zero-order valence-corrected chi connectivity index (χ0v) is 19.0. The number of imide groups is 1. The van der Waals surface area contributed by atoms with Gasteiger partial charge in [0.2, 0.25) is 5.91 Å². The average molecular weight is 446 g/mol. The fourth-order valence-electron chi connectivity index (χ4n) is 4.27. The van der Waals surface area contributed by atoms with Gasteiger partial charge >= 0.3 is 6.03 Å². The molecule has 8 nitrogen and oxygen atoms in total. The molecular formula is C25H27N5O3. The first-order valence-electron chi connectivity index (χ1n) is 10.9. The fraction of sp³-hybridized carbons (Fsp3) is 0.280. The first-order chi connectivity index (χ1) is 15.9. The molecule has 1 aromatic heterocycles. The number of aryl methyl sites for hydroxylation is 1. The molecule has 1 saturated heterocycles. The Morgan fingerprint density at radius 2 is 1.67 bits per heavy atom. The Morgan fingerprint density at radius 1 is 1.03 bits per heavy atom. The zero-order valence-electron chi connectivity index (χ0n) is 19.0. The monoisotopic (exact) mass is 445 g/mol. The standard InChI is InChI=1S/C25H27N5O3/c1-4-25(19-11-7-5-8-12-19)23(32)29(24(33)27-25)16-22(31)26-15-21-17(2)28-30(18(21)3)20-13-9-6-10-14-20/h5-14H,4,15-16H2,1-3H3,(H,26,31)(H,27,33). The van der Waals surface area contributed by atoms with Crippen LogP contribution in [-0.2, 0) is 21.7 Å². The summed E-state index contributed by atoms with van der Waals surface area (Å²) in [5, 5.41) is 10.2. The highest BCUT2D eigenvalue weighted by molar-refractivity contribution is 6.09. The van der Waals surface area contributed by atoms with Gasteiger partial charge in [0, 0.05) is 17.8 Å². The van der Waals surface area contributed by atoms with Crippen LogP contribution in [0.5, 0.6) is 0 Å². The molecule has 0 aliphatic carbocycles. The van der Waals surface area contributed by atoms with Gasteiger partial charge in [-0.05, 0) is 38.0 Å². The molecule has 0 bridgehead atoms. The van der Waals surface area contributed by atoms with Crippen molar-refractivity contribution in [2.75, 3.05) is 6.54 Å². The van der Waals surface area contributed by atoms with Crippen LogP contribution in [0, 0.1) is 13.8 Å². The molecule has 0 radical (unpaired) electrons. The van der Waals surface area contributed by atoms with Gasteiger partial charge in [-0.1, -0.05) is 55.5 Å². The van der Waals surface area contributed by atoms with Gasteiger partial charge in [-0.25, -0.2) is 9.48 Å². The van der Waals surface area contributed by atoms with E-state index in [1.807, 2.05) is 74.0 Å². The third kappa shape index (κ3) is 4.00. The van der Waals surface area contributed by atoms with Gasteiger partial charge in [-0.15, -0.1) is 0 Å². The molecule has 1 atom stereocenters. The largest absolute Gasteiger partial charge is 0.350 e. The SMILES string of the molecule is CCC1(c2ccccc2)NC(=O)N(CC(=O)NCc2c(C)nn(-c3ccccc3)c2C)C1=O. The molecule has 4 rings (SSSR count). The third-order valence-electron chi connectivity index (χ3n) is 6.18. The summed E-state index contributed by atoms with van der Waals surface area (Å²) < 4.78 is 1.84. The summed E-state index contributed by atoms with van der Waals surface area (Å²) in [4.78, 5) is 39.5. The molecule has 3 aromatic rings. The van der Waals surface area contributed by atoms with Gasteiger partial charge in [-0.3, -0.25) is 14.5 Å². The number of hydrogen-bond acceptors (Lipinski definition) is 4. The predicted octanol–water partition coefficient (Wildman–Crippen LogP) is 2.96. The van der Waals surface area contributed by atoms with Crippen LogP contribution >= 0.6 is 0 Å². The fourth-order valence-corrected chi connectivity index (χ4v) is 4.27. The number of para-hydroxylation sites is 1. The maximum atomic E-state index is 13.2. The van der Waals surface area contributed by atoms with Crippen molar-refractivity contribution in [3.8, 4) is 5.69 Å². The Morgan fingerprint density at radius 3 is 2.30 bits per heavy atom. The molecule has 0 spiro atoms. The number of carbonyl (C=O) groups excluding carboxylic acids is 3. The second-order valence-electron chi connectivity index (χ2n) is 8.12. The van der Waals surface area contributed by atoms with E-state index in [4.69, 9.17) is 0 Å². The number of nitrogens with zero attached hydrogens (tertiary/aromatic N) is 3. The van der Waals surface area contributed by atoms with E-state index < -0.39 is 23.4 Å². The van der Waals surface area contributed by atoms with E-state index in [0.717, 1.165) is 27.5 Å². The number of benzene rings is 2. The number of rotatable bonds is 7. The van der Waals surface area contributed by atoms with Gasteiger partial charge in [0.15, 0.2) is 0 Å². The topological polar surface area (TPSA) is 96.3 Å². The number of amides is 4. The molecule has 1 fully saturated rings. The molecule has 8 heteroatoms. The van der Waals surface area contributed by atoms with Gasteiger partial charge in [0.05, 0.1) is 11.4 Å². The number of carbonyl (C=O) groups is 3. The van der Waals surface area contributed by atoms with Crippen molar-refractivity contribution in [3.05, 3.63) is 83.2 Å². The van der Waals surface area contributed by atoms with Crippen LogP contribution in [0.15, 0.2) is 60.7 Å². The Hall–Kier alpha value is -3.94. The quantitative estimate of drug-likeness (QED) is 0.547. The molecule has 4 amide bonds. The summed E-state index contributed by atoms with van der Waals surface area (Å²) in [6.45, 7) is 5.59. The third-order valence-corrected chi connectivity index (χ3v) is 6.18. The Balaban J connectivity index is 1.45. The number of aromatic nitrogens is 2. The van der Waals surface area contributed by atoms with E-state index in [1.165, 1.54) is 0 Å². The molecule has 2 heterocycles. The highest BCUT2D eigenvalue weighted by Gasteiger charge is 2.51. The average Bonchev–Trinajstić information content (AvgIpc) is 3.26. The highest BCUT2D eigenvalue weighted by Crippen LogP contribution is 2.32. The maximum Gasteiger partial charge on any atom is 0.325 e. The summed E-state index contributed by atoms with van der Waals surface area (Å²) in [5.74, 6) is -0.828. The summed E-state index contributed by atoms with van der Waals surface area (Å²) in [6.07, 6.45) is 0.386. The van der Waals surface area contributed by atoms with Crippen molar-refractivity contribution < 1.29 is 14.4 Å². The second kappa shape index (κ2) is 8.90. The minimum absolute atomic E-state index is 0.255. The first-order valence-corrected chi connectivity index (χ1v) is 10.9. The van der Waals surface area contributed by atoms with Crippen molar-refractivity contribution in [2.24, 2.45) is 0 Å². The van der Waals surface area contributed by atoms with E-state index in [1.54, 1.807) is 12.1 Å². The van der Waals surface area contributed by atoms with Crippen molar-refractivity contribution in [1.82, 2.24) is 25.3 Å². The van der Waals surface area contributed by atoms with Gasteiger partial charge in [0.1, 0.15) is 12.1 Å². The minimum atomic E-state index is -1.15. The Kier molecular flexibility index (Phi) is 6.00. The highest BCUT2D eigenvalue weighted by atomic mass is 16.2. The first kappa shape index (κ1) is 22.3. The molecule has 2 aromatic carbocycles. The molecule has 1 unspecified atom stereocenters. The van der Waals surface area contributed by atoms with Crippen molar-refractivity contribution in [2.45, 2.75) is 39.3 Å². The molecule has 33 heavy (non-hydrogen) atoms.